The van der Waals surface area contributed by atoms with Crippen LogP contribution in [0.3, 0.4) is 0 Å². The van der Waals surface area contributed by atoms with Crippen LogP contribution < -0.4 is 0 Å². The van der Waals surface area contributed by atoms with Crippen molar-refractivity contribution in [1.29, 1.82) is 0 Å². The lowest BCUT2D eigenvalue weighted by Crippen LogP contribution is -2.29. The molecule has 0 atom stereocenters. The molecular formula is C7H15Cl4N. The molecule has 0 rings (SSSR count). The lowest BCUT2D eigenvalue weighted by Gasteiger charge is -2.18. The van der Waals surface area contributed by atoms with Crippen molar-refractivity contribution >= 4 is 47.2 Å². The maximum absolute atomic E-state index is 5.59. The largest absolute Gasteiger partial charge is 0.301 e. The van der Waals surface area contributed by atoms with E-state index in [9.17, 15) is 0 Å². The van der Waals surface area contributed by atoms with Gasteiger partial charge in [-0.2, -0.15) is 0 Å². The van der Waals surface area contributed by atoms with Gasteiger partial charge in [0, 0.05) is 30.7 Å². The van der Waals surface area contributed by atoms with E-state index in [-0.39, 0.29) is 12.4 Å². The van der Waals surface area contributed by atoms with Crippen LogP contribution in [0.2, 0.25) is 0 Å². The second-order valence-corrected chi connectivity index (χ2v) is 3.40. The summed E-state index contributed by atoms with van der Waals surface area (Å²) in [6.45, 7) is 2.82. The zero-order valence-corrected chi connectivity index (χ0v) is 10.0. The van der Waals surface area contributed by atoms with Crippen molar-refractivity contribution in [1.82, 2.24) is 4.90 Å². The van der Waals surface area contributed by atoms with Crippen molar-refractivity contribution < 1.29 is 0 Å². The predicted molar refractivity (Wildman–Crippen MR) is 60.5 cm³/mol. The Morgan fingerprint density at radius 1 is 0.750 bits per heavy atom. The first-order chi connectivity index (χ1) is 5.35. The van der Waals surface area contributed by atoms with Crippen LogP contribution in [0.1, 0.15) is 6.42 Å². The van der Waals surface area contributed by atoms with E-state index in [1.807, 2.05) is 0 Å². The summed E-state index contributed by atoms with van der Waals surface area (Å²) in [5, 5.41) is 0. The monoisotopic (exact) mass is 253 g/mol. The molecule has 0 N–H and O–H groups in total. The van der Waals surface area contributed by atoms with Gasteiger partial charge in [0.05, 0.1) is 0 Å². The van der Waals surface area contributed by atoms with Crippen molar-refractivity contribution in [2.45, 2.75) is 6.42 Å². The van der Waals surface area contributed by atoms with Crippen LogP contribution >= 0.6 is 47.2 Å². The third-order valence-corrected chi connectivity index (χ3v) is 2.01. The number of alkyl halides is 3. The van der Waals surface area contributed by atoms with Crippen LogP contribution in [-0.2, 0) is 0 Å². The minimum absolute atomic E-state index is 0. The summed E-state index contributed by atoms with van der Waals surface area (Å²) in [5.74, 6) is 2.04. The number of nitrogens with zero attached hydrogens (tertiary/aromatic N) is 1. The van der Waals surface area contributed by atoms with E-state index in [0.717, 1.165) is 26.1 Å². The fourth-order valence-electron chi connectivity index (χ4n) is 0.858. The molecule has 0 unspecified atom stereocenters. The quantitative estimate of drug-likeness (QED) is 0.632. The van der Waals surface area contributed by atoms with Crippen LogP contribution in [-0.4, -0.2) is 42.2 Å². The average molecular weight is 255 g/mol. The molecule has 0 bridgehead atoms. The molecule has 1 nitrogen and oxygen atoms in total. The molecule has 0 aliphatic heterocycles. The topological polar surface area (TPSA) is 3.24 Å². The Hall–Kier alpha value is 1.12. The van der Waals surface area contributed by atoms with Gasteiger partial charge in [-0.3, -0.25) is 0 Å². The fraction of sp³-hybridized carbons (Fsp3) is 1.00. The van der Waals surface area contributed by atoms with Gasteiger partial charge in [-0.15, -0.1) is 47.2 Å². The molecule has 0 saturated carbocycles. The Morgan fingerprint density at radius 3 is 1.58 bits per heavy atom. The van der Waals surface area contributed by atoms with Gasteiger partial charge in [-0.25, -0.2) is 0 Å². The Kier molecular flexibility index (Phi) is 15.7. The number of hydrogen-bond donors (Lipinski definition) is 0. The van der Waals surface area contributed by atoms with Crippen LogP contribution in [0, 0.1) is 0 Å². The van der Waals surface area contributed by atoms with E-state index in [0.29, 0.717) is 17.6 Å². The molecule has 0 saturated heterocycles. The van der Waals surface area contributed by atoms with Crippen LogP contribution in [0.5, 0.6) is 0 Å². The van der Waals surface area contributed by atoms with Crippen LogP contribution in [0.4, 0.5) is 0 Å². The van der Waals surface area contributed by atoms with E-state index >= 15 is 0 Å². The van der Waals surface area contributed by atoms with Gasteiger partial charge in [0.25, 0.3) is 0 Å². The predicted octanol–water partition coefficient (Wildman–Crippen LogP) is 2.82. The Labute approximate surface area is 95.8 Å². The molecule has 0 radical (unpaired) electrons. The van der Waals surface area contributed by atoms with E-state index in [1.54, 1.807) is 0 Å². The molecule has 5 heteroatoms. The van der Waals surface area contributed by atoms with Crippen LogP contribution in [0.25, 0.3) is 0 Å². The van der Waals surface area contributed by atoms with Crippen molar-refractivity contribution in [2.24, 2.45) is 0 Å². The fourth-order valence-corrected chi connectivity index (χ4v) is 1.46. The zero-order chi connectivity index (χ0) is 8.53. The third-order valence-electron chi connectivity index (χ3n) is 1.41. The van der Waals surface area contributed by atoms with Gasteiger partial charge in [-0.1, -0.05) is 0 Å². The minimum Gasteiger partial charge on any atom is -0.301 e. The number of halogens is 4. The summed E-state index contributed by atoms with van der Waals surface area (Å²) < 4.78 is 0. The summed E-state index contributed by atoms with van der Waals surface area (Å²) in [6, 6.07) is 0. The summed E-state index contributed by atoms with van der Waals surface area (Å²) >= 11 is 16.7. The summed E-state index contributed by atoms with van der Waals surface area (Å²) in [5.41, 5.74) is 0. The highest BCUT2D eigenvalue weighted by Crippen LogP contribution is 1.95. The van der Waals surface area contributed by atoms with E-state index < -0.39 is 0 Å². The van der Waals surface area contributed by atoms with Crippen LogP contribution in [0.15, 0.2) is 0 Å². The minimum atomic E-state index is 0. The molecule has 0 aromatic heterocycles. The number of hydrogen-bond acceptors (Lipinski definition) is 1. The first kappa shape index (κ1) is 15.6. The molecule has 0 heterocycles. The average Bonchev–Trinajstić information content (AvgIpc) is 2.01. The highest BCUT2D eigenvalue weighted by atomic mass is 35.5. The maximum atomic E-state index is 5.59. The molecule has 0 aromatic carbocycles. The molecule has 12 heavy (non-hydrogen) atoms. The summed E-state index contributed by atoms with van der Waals surface area (Å²) in [6.07, 6.45) is 1.01. The van der Waals surface area contributed by atoms with E-state index in [1.165, 1.54) is 0 Å². The van der Waals surface area contributed by atoms with Gasteiger partial charge in [0.2, 0.25) is 0 Å². The summed E-state index contributed by atoms with van der Waals surface area (Å²) in [4.78, 5) is 2.22. The third kappa shape index (κ3) is 9.21. The second-order valence-electron chi connectivity index (χ2n) is 2.26. The smallest absolute Gasteiger partial charge is 0.0351 e. The van der Waals surface area contributed by atoms with E-state index in [4.69, 9.17) is 34.8 Å². The lowest BCUT2D eigenvalue weighted by atomic mass is 10.4. The SMILES string of the molecule is Cl.ClCCCN(CCCl)CCCl. The van der Waals surface area contributed by atoms with Gasteiger partial charge in [-0.05, 0) is 13.0 Å². The van der Waals surface area contributed by atoms with Crippen molar-refractivity contribution in [3.8, 4) is 0 Å². The lowest BCUT2D eigenvalue weighted by molar-refractivity contribution is 0.309. The highest BCUT2D eigenvalue weighted by Gasteiger charge is 2.01. The zero-order valence-electron chi connectivity index (χ0n) is 6.94. The maximum Gasteiger partial charge on any atom is 0.0351 e. The molecular weight excluding hydrogens is 240 g/mol. The van der Waals surface area contributed by atoms with Gasteiger partial charge in [0.15, 0.2) is 0 Å². The highest BCUT2D eigenvalue weighted by molar-refractivity contribution is 6.18. The van der Waals surface area contributed by atoms with Crippen molar-refractivity contribution in [2.75, 3.05) is 37.3 Å². The molecule has 76 valence electrons. The molecule has 0 aliphatic rings. The Balaban J connectivity index is 0. The van der Waals surface area contributed by atoms with Crippen molar-refractivity contribution in [3.63, 3.8) is 0 Å². The van der Waals surface area contributed by atoms with E-state index in [2.05, 4.69) is 4.90 Å². The molecule has 0 spiro atoms. The summed E-state index contributed by atoms with van der Waals surface area (Å²) in [7, 11) is 0. The van der Waals surface area contributed by atoms with Gasteiger partial charge in [0.1, 0.15) is 0 Å². The number of rotatable bonds is 7. The first-order valence-corrected chi connectivity index (χ1v) is 5.35. The van der Waals surface area contributed by atoms with Crippen molar-refractivity contribution in [3.05, 3.63) is 0 Å². The second kappa shape index (κ2) is 12.1. The molecule has 0 aliphatic carbocycles. The Bertz CT molecular complexity index is 75.8. The molecule has 0 fully saturated rings. The molecule has 0 amide bonds. The van der Waals surface area contributed by atoms with Gasteiger partial charge >= 0.3 is 0 Å². The Morgan fingerprint density at radius 2 is 1.25 bits per heavy atom. The normalized spacial score (nSPS) is 10.0. The first-order valence-electron chi connectivity index (χ1n) is 3.75. The van der Waals surface area contributed by atoms with Gasteiger partial charge < -0.3 is 4.90 Å². The molecule has 0 aromatic rings. The standard InChI is InChI=1S/C7H14Cl3N.ClH/c8-2-1-5-11(6-3-9)7-4-10;/h1-7H2;1H.